The molecule has 0 aromatic heterocycles. The van der Waals surface area contributed by atoms with Crippen molar-refractivity contribution < 1.29 is 9.35 Å². The van der Waals surface area contributed by atoms with Crippen LogP contribution < -0.4 is 10.0 Å². The minimum Gasteiger partial charge on any atom is -0.588 e. The first kappa shape index (κ1) is 22.5. The molecule has 1 unspecified atom stereocenters. The van der Waals surface area contributed by atoms with Crippen molar-refractivity contribution in [2.45, 2.75) is 39.5 Å². The standard InChI is InChI=1S/C24H28N2O2S/c1-7-20(14-22(8-2)25-19(6)27)21-11-10-17(4)23(15-21)26-29(28)24-12-9-16(3)13-18(24)5/h7-15,26H,2H2,1,3-6H3,(H,25,27)/b20-7+,22-14+. The molecule has 29 heavy (non-hydrogen) atoms. The normalized spacial score (nSPS) is 13.0. The van der Waals surface area contributed by atoms with Crippen LogP contribution in [0.15, 0.2) is 71.8 Å². The lowest BCUT2D eigenvalue weighted by molar-refractivity contribution is -0.118. The van der Waals surface area contributed by atoms with E-state index >= 15 is 0 Å². The minimum absolute atomic E-state index is 0.151. The van der Waals surface area contributed by atoms with Crippen LogP contribution in [-0.4, -0.2) is 10.5 Å². The number of aryl methyl sites for hydroxylation is 3. The Hall–Kier alpha value is -2.76. The summed E-state index contributed by atoms with van der Waals surface area (Å²) in [5.74, 6) is -0.151. The van der Waals surface area contributed by atoms with Crippen molar-refractivity contribution in [1.82, 2.24) is 5.32 Å². The molecule has 4 nitrogen and oxygen atoms in total. The van der Waals surface area contributed by atoms with Gasteiger partial charge in [0.05, 0.1) is 5.69 Å². The van der Waals surface area contributed by atoms with E-state index in [4.69, 9.17) is 0 Å². The lowest BCUT2D eigenvalue weighted by atomic mass is 10.0. The Morgan fingerprint density at radius 1 is 1.10 bits per heavy atom. The van der Waals surface area contributed by atoms with Crippen LogP contribution in [-0.2, 0) is 16.2 Å². The van der Waals surface area contributed by atoms with E-state index in [1.54, 1.807) is 6.08 Å². The van der Waals surface area contributed by atoms with E-state index in [0.29, 0.717) is 5.70 Å². The Morgan fingerprint density at radius 3 is 2.41 bits per heavy atom. The Labute approximate surface area is 176 Å². The highest BCUT2D eigenvalue weighted by molar-refractivity contribution is 7.92. The van der Waals surface area contributed by atoms with Gasteiger partial charge in [0.15, 0.2) is 4.90 Å². The summed E-state index contributed by atoms with van der Waals surface area (Å²) in [6, 6.07) is 11.8. The zero-order valence-corrected chi connectivity index (χ0v) is 18.4. The van der Waals surface area contributed by atoms with Gasteiger partial charge in [0.1, 0.15) is 11.4 Å². The molecule has 0 saturated heterocycles. The average molecular weight is 409 g/mol. The molecule has 5 heteroatoms. The summed E-state index contributed by atoms with van der Waals surface area (Å²) in [6.07, 6.45) is 5.43. The van der Waals surface area contributed by atoms with Crippen molar-refractivity contribution in [3.8, 4) is 0 Å². The number of rotatable bonds is 7. The molecule has 152 valence electrons. The maximum Gasteiger partial charge on any atom is 0.221 e. The number of nitrogens with one attached hydrogen (secondary N) is 2. The lowest BCUT2D eigenvalue weighted by Crippen LogP contribution is -2.17. The highest BCUT2D eigenvalue weighted by atomic mass is 32.2. The van der Waals surface area contributed by atoms with Crippen molar-refractivity contribution in [3.05, 3.63) is 89.2 Å². The summed E-state index contributed by atoms with van der Waals surface area (Å²) in [5, 5.41) is 2.75. The molecule has 2 N–H and O–H groups in total. The number of anilines is 1. The van der Waals surface area contributed by atoms with Gasteiger partial charge in [0, 0.05) is 18.2 Å². The molecule has 0 aliphatic heterocycles. The van der Waals surface area contributed by atoms with Gasteiger partial charge in [0.2, 0.25) is 5.91 Å². The molecular formula is C24H28N2O2S. The van der Waals surface area contributed by atoms with Crippen molar-refractivity contribution in [2.24, 2.45) is 0 Å². The first-order valence-electron chi connectivity index (χ1n) is 9.40. The van der Waals surface area contributed by atoms with Gasteiger partial charge in [-0.1, -0.05) is 42.5 Å². The summed E-state index contributed by atoms with van der Waals surface area (Å²) < 4.78 is 16.0. The maximum absolute atomic E-state index is 12.9. The average Bonchev–Trinajstić information content (AvgIpc) is 2.66. The van der Waals surface area contributed by atoms with E-state index < -0.39 is 11.4 Å². The number of carbonyl (C=O) groups is 1. The second-order valence-corrected chi connectivity index (χ2v) is 8.08. The number of hydrogen-bond donors (Lipinski definition) is 2. The van der Waals surface area contributed by atoms with E-state index in [0.717, 1.165) is 38.4 Å². The third kappa shape index (κ3) is 6.11. The molecule has 1 atom stereocenters. The topological polar surface area (TPSA) is 64.2 Å². The molecule has 2 rings (SSSR count). The van der Waals surface area contributed by atoms with Crippen molar-refractivity contribution in [3.63, 3.8) is 0 Å². The number of hydrogen-bond acceptors (Lipinski definition) is 3. The summed E-state index contributed by atoms with van der Waals surface area (Å²) in [4.78, 5) is 12.1. The summed E-state index contributed by atoms with van der Waals surface area (Å²) >= 11 is -1.37. The largest absolute Gasteiger partial charge is 0.588 e. The summed E-state index contributed by atoms with van der Waals surface area (Å²) in [6.45, 7) is 13.1. The van der Waals surface area contributed by atoms with E-state index in [2.05, 4.69) is 16.6 Å². The molecule has 0 fully saturated rings. The zero-order valence-electron chi connectivity index (χ0n) is 17.6. The summed E-state index contributed by atoms with van der Waals surface area (Å²) in [5.41, 5.74) is 6.43. The van der Waals surface area contributed by atoms with Crippen LogP contribution in [0.3, 0.4) is 0 Å². The Bertz CT molecular complexity index is 977. The van der Waals surface area contributed by atoms with Gasteiger partial charge in [-0.2, -0.15) is 0 Å². The van der Waals surface area contributed by atoms with Gasteiger partial charge in [-0.3, -0.25) is 4.79 Å². The van der Waals surface area contributed by atoms with E-state index in [1.807, 2.05) is 76.2 Å². The van der Waals surface area contributed by atoms with Gasteiger partial charge < -0.3 is 9.87 Å². The van der Waals surface area contributed by atoms with Crippen LogP contribution in [0.25, 0.3) is 5.57 Å². The molecule has 0 aliphatic rings. The molecule has 0 radical (unpaired) electrons. The Balaban J connectivity index is 2.34. The number of benzene rings is 2. The predicted molar refractivity (Wildman–Crippen MR) is 123 cm³/mol. The first-order valence-corrected chi connectivity index (χ1v) is 10.5. The van der Waals surface area contributed by atoms with Crippen LogP contribution in [0.5, 0.6) is 0 Å². The van der Waals surface area contributed by atoms with Gasteiger partial charge >= 0.3 is 0 Å². The van der Waals surface area contributed by atoms with Gasteiger partial charge in [-0.05, 0) is 68.7 Å². The SMILES string of the molecule is C=C/C(=C\C(=C/C)c1ccc(C)c(N[S+]([O-])c2ccc(C)cc2C)c1)NC(C)=O. The number of carbonyl (C=O) groups excluding carboxylic acids is 1. The molecule has 0 aliphatic carbocycles. The lowest BCUT2D eigenvalue weighted by Gasteiger charge is -2.16. The quantitative estimate of drug-likeness (QED) is 0.479. The smallest absolute Gasteiger partial charge is 0.221 e. The third-order valence-corrected chi connectivity index (χ3v) is 5.73. The highest BCUT2D eigenvalue weighted by Gasteiger charge is 2.16. The summed E-state index contributed by atoms with van der Waals surface area (Å²) in [7, 11) is 0. The van der Waals surface area contributed by atoms with E-state index in [-0.39, 0.29) is 5.91 Å². The molecular weight excluding hydrogens is 380 g/mol. The maximum atomic E-state index is 12.9. The fourth-order valence-corrected chi connectivity index (χ4v) is 4.00. The number of amides is 1. The van der Waals surface area contributed by atoms with Gasteiger partial charge in [-0.25, -0.2) is 4.72 Å². The van der Waals surface area contributed by atoms with Crippen LogP contribution in [0.4, 0.5) is 5.69 Å². The van der Waals surface area contributed by atoms with Crippen molar-refractivity contribution in [1.29, 1.82) is 0 Å². The van der Waals surface area contributed by atoms with Crippen LogP contribution in [0, 0.1) is 20.8 Å². The molecule has 0 saturated carbocycles. The monoisotopic (exact) mass is 408 g/mol. The van der Waals surface area contributed by atoms with Gasteiger partial charge in [0.25, 0.3) is 0 Å². The minimum atomic E-state index is -1.37. The third-order valence-electron chi connectivity index (χ3n) is 4.47. The first-order chi connectivity index (χ1) is 13.7. The second-order valence-electron chi connectivity index (χ2n) is 6.90. The fraction of sp³-hybridized carbons (Fsp3) is 0.208. The van der Waals surface area contributed by atoms with Crippen molar-refractivity contribution in [2.75, 3.05) is 4.72 Å². The van der Waals surface area contributed by atoms with Crippen LogP contribution in [0.2, 0.25) is 0 Å². The molecule has 2 aromatic carbocycles. The van der Waals surface area contributed by atoms with E-state index in [9.17, 15) is 9.35 Å². The van der Waals surface area contributed by atoms with E-state index in [1.165, 1.54) is 6.92 Å². The molecule has 0 spiro atoms. The van der Waals surface area contributed by atoms with Gasteiger partial charge in [-0.15, -0.1) is 0 Å². The highest BCUT2D eigenvalue weighted by Crippen LogP contribution is 2.27. The number of allylic oxidation sites excluding steroid dienone is 4. The van der Waals surface area contributed by atoms with Crippen LogP contribution >= 0.6 is 0 Å². The second kappa shape index (κ2) is 10.1. The molecule has 2 aromatic rings. The molecule has 1 amide bonds. The molecule has 0 heterocycles. The predicted octanol–water partition coefficient (Wildman–Crippen LogP) is 5.36. The fourth-order valence-electron chi connectivity index (χ4n) is 2.92. The zero-order chi connectivity index (χ0) is 21.6. The van der Waals surface area contributed by atoms with Crippen LogP contribution in [0.1, 0.15) is 36.1 Å². The molecule has 0 bridgehead atoms. The Kier molecular flexibility index (Phi) is 7.88. The van der Waals surface area contributed by atoms with Crippen molar-refractivity contribution >= 4 is 28.5 Å². The Morgan fingerprint density at radius 2 is 1.83 bits per heavy atom.